The number of carbonyl (C=O) groups is 1. The number of aryl methyl sites for hydroxylation is 2. The summed E-state index contributed by atoms with van der Waals surface area (Å²) >= 11 is 0. The van der Waals surface area contributed by atoms with Crippen LogP contribution >= 0.6 is 0 Å². The number of aromatic amines is 1. The number of fused-ring (bicyclic) bond motifs is 3. The molecular weight excluding hydrogens is 496 g/mol. The van der Waals surface area contributed by atoms with E-state index in [0.29, 0.717) is 23.8 Å². The number of nitrogens with zero attached hydrogens (tertiary/aromatic N) is 5. The summed E-state index contributed by atoms with van der Waals surface area (Å²) in [6.07, 6.45) is 8.16. The number of aromatic nitrogens is 4. The van der Waals surface area contributed by atoms with E-state index in [0.717, 1.165) is 55.9 Å². The van der Waals surface area contributed by atoms with E-state index in [9.17, 15) is 4.79 Å². The van der Waals surface area contributed by atoms with Gasteiger partial charge in [-0.05, 0) is 94.5 Å². The first-order valence-corrected chi connectivity index (χ1v) is 15.1. The number of H-pyrrole nitrogens is 1. The van der Waals surface area contributed by atoms with Gasteiger partial charge in [0, 0.05) is 36.9 Å². The number of carbonyl (C=O) groups excluding carboxylic acids is 1. The van der Waals surface area contributed by atoms with Crippen LogP contribution in [-0.2, 0) is 5.41 Å². The molecule has 4 aromatic rings. The maximum absolute atomic E-state index is 13.1. The Balaban J connectivity index is 1.06. The zero-order valence-electron chi connectivity index (χ0n) is 23.7. The van der Waals surface area contributed by atoms with Crippen molar-refractivity contribution >= 4 is 16.9 Å². The van der Waals surface area contributed by atoms with Gasteiger partial charge < -0.3 is 9.47 Å². The number of imidazole rings is 1. The third-order valence-corrected chi connectivity index (χ3v) is 10.2. The van der Waals surface area contributed by atoms with E-state index in [1.54, 1.807) is 0 Å². The van der Waals surface area contributed by atoms with Gasteiger partial charge >= 0.3 is 0 Å². The Hall–Kier alpha value is -3.45. The Morgan fingerprint density at radius 3 is 2.35 bits per heavy atom. The Bertz CT molecular complexity index is 1480. The van der Waals surface area contributed by atoms with Gasteiger partial charge in [0.2, 0.25) is 0 Å². The van der Waals surface area contributed by atoms with Gasteiger partial charge in [0.05, 0.1) is 11.0 Å². The number of hydrogen-bond donors (Lipinski definition) is 1. The zero-order chi connectivity index (χ0) is 27.3. The van der Waals surface area contributed by atoms with Gasteiger partial charge in [-0.15, -0.1) is 0 Å². The lowest BCUT2D eigenvalue weighted by molar-refractivity contribution is 0.0602. The van der Waals surface area contributed by atoms with E-state index < -0.39 is 0 Å². The van der Waals surface area contributed by atoms with Crippen molar-refractivity contribution in [1.82, 2.24) is 29.5 Å². The van der Waals surface area contributed by atoms with Crippen molar-refractivity contribution in [3.63, 3.8) is 0 Å². The number of para-hydroxylation sites is 2. The number of rotatable bonds is 6. The SMILES string of the molecule is Cc1cc(C(=O)N2CCC(CCN3[C@@H]4CC[C@H]3C[C@@H](n3c(C)nc5ccccc53)C4)(c3ccccc3)CC2)n[nH]1. The fourth-order valence-corrected chi connectivity index (χ4v) is 8.09. The molecule has 1 N–H and O–H groups in total. The monoisotopic (exact) mass is 536 g/mol. The molecule has 5 heterocycles. The van der Waals surface area contributed by atoms with Gasteiger partial charge in [-0.3, -0.25) is 14.8 Å². The minimum absolute atomic E-state index is 0.0495. The van der Waals surface area contributed by atoms with Gasteiger partial charge in [-0.1, -0.05) is 42.5 Å². The minimum Gasteiger partial charge on any atom is -0.337 e. The number of nitrogens with one attached hydrogen (secondary N) is 1. The fraction of sp³-hybridized carbons (Fsp3) is 0.485. The van der Waals surface area contributed by atoms with Crippen molar-refractivity contribution in [3.8, 4) is 0 Å². The minimum atomic E-state index is 0.0495. The van der Waals surface area contributed by atoms with E-state index in [1.165, 1.54) is 36.8 Å². The Kier molecular flexibility index (Phi) is 6.50. The first-order valence-electron chi connectivity index (χ1n) is 15.1. The molecule has 2 bridgehead atoms. The second kappa shape index (κ2) is 10.2. The smallest absolute Gasteiger partial charge is 0.274 e. The summed E-state index contributed by atoms with van der Waals surface area (Å²) in [5.41, 5.74) is 5.39. The van der Waals surface area contributed by atoms with Crippen molar-refractivity contribution in [2.75, 3.05) is 19.6 Å². The predicted octanol–water partition coefficient (Wildman–Crippen LogP) is 5.81. The molecule has 3 saturated heterocycles. The molecule has 0 radical (unpaired) electrons. The van der Waals surface area contributed by atoms with Crippen LogP contribution in [0.15, 0.2) is 60.7 Å². The Labute approximate surface area is 236 Å². The van der Waals surface area contributed by atoms with Crippen LogP contribution in [0.25, 0.3) is 11.0 Å². The van der Waals surface area contributed by atoms with Crippen LogP contribution in [0.2, 0.25) is 0 Å². The van der Waals surface area contributed by atoms with Crippen LogP contribution in [0.3, 0.4) is 0 Å². The Morgan fingerprint density at radius 1 is 0.950 bits per heavy atom. The van der Waals surface area contributed by atoms with Gasteiger partial charge in [-0.25, -0.2) is 4.98 Å². The lowest BCUT2D eigenvalue weighted by Gasteiger charge is -2.45. The molecule has 208 valence electrons. The van der Waals surface area contributed by atoms with E-state index >= 15 is 0 Å². The first kappa shape index (κ1) is 25.5. The van der Waals surface area contributed by atoms with E-state index in [1.807, 2.05) is 17.9 Å². The molecule has 7 nitrogen and oxygen atoms in total. The van der Waals surface area contributed by atoms with Gasteiger partial charge in [0.15, 0.2) is 0 Å². The topological polar surface area (TPSA) is 70.1 Å². The second-order valence-corrected chi connectivity index (χ2v) is 12.4. The molecule has 7 heteroatoms. The molecule has 3 aliphatic rings. The summed E-state index contributed by atoms with van der Waals surface area (Å²) in [6.45, 7) is 6.80. The maximum Gasteiger partial charge on any atom is 0.274 e. The molecule has 3 aliphatic heterocycles. The van der Waals surface area contributed by atoms with Crippen molar-refractivity contribution in [2.24, 2.45) is 0 Å². The molecule has 0 saturated carbocycles. The first-order chi connectivity index (χ1) is 19.5. The van der Waals surface area contributed by atoms with Crippen LogP contribution in [-0.4, -0.2) is 67.2 Å². The molecule has 3 fully saturated rings. The number of amides is 1. The highest BCUT2D eigenvalue weighted by molar-refractivity contribution is 5.92. The standard InChI is InChI=1S/C33H40N6O/c1-23-20-30(36-35-23)32(40)37-17-14-33(15-18-37,25-8-4-3-5-9-25)16-19-38-26-12-13-27(38)22-28(21-26)39-24(2)34-29-10-6-7-11-31(29)39/h3-11,20,26-28H,12-19,21-22H2,1-2H3,(H,35,36)/t26-,27+,28+. The zero-order valence-corrected chi connectivity index (χ0v) is 23.7. The Morgan fingerprint density at radius 2 is 1.65 bits per heavy atom. The number of benzene rings is 2. The summed E-state index contributed by atoms with van der Waals surface area (Å²) in [5, 5.41) is 7.14. The molecule has 2 aromatic heterocycles. The van der Waals surface area contributed by atoms with Crippen LogP contribution in [0.5, 0.6) is 0 Å². The average molecular weight is 537 g/mol. The van der Waals surface area contributed by atoms with E-state index in [2.05, 4.69) is 81.2 Å². The highest BCUT2D eigenvalue weighted by Gasteiger charge is 2.44. The summed E-state index contributed by atoms with van der Waals surface area (Å²) in [5.74, 6) is 1.20. The molecule has 2 aromatic carbocycles. The molecule has 7 rings (SSSR count). The van der Waals surface area contributed by atoms with Crippen LogP contribution in [0, 0.1) is 13.8 Å². The second-order valence-electron chi connectivity index (χ2n) is 12.4. The van der Waals surface area contributed by atoms with E-state index in [-0.39, 0.29) is 11.3 Å². The molecule has 3 atom stereocenters. The summed E-state index contributed by atoms with van der Waals surface area (Å²) < 4.78 is 2.52. The summed E-state index contributed by atoms with van der Waals surface area (Å²) in [6, 6.07) is 23.4. The third-order valence-electron chi connectivity index (χ3n) is 10.2. The fourth-order valence-electron chi connectivity index (χ4n) is 8.09. The summed E-state index contributed by atoms with van der Waals surface area (Å²) in [7, 11) is 0. The molecule has 0 spiro atoms. The van der Waals surface area contributed by atoms with Crippen molar-refractivity contribution in [2.45, 2.75) is 82.3 Å². The lowest BCUT2D eigenvalue weighted by atomic mass is 9.70. The molecule has 1 amide bonds. The highest BCUT2D eigenvalue weighted by atomic mass is 16.2. The molecule has 0 unspecified atom stereocenters. The van der Waals surface area contributed by atoms with Crippen LogP contribution in [0.4, 0.5) is 0 Å². The summed E-state index contributed by atoms with van der Waals surface area (Å²) in [4.78, 5) is 22.8. The third kappa shape index (κ3) is 4.44. The van der Waals surface area contributed by atoms with Gasteiger partial charge in [0.1, 0.15) is 11.5 Å². The number of piperidine rings is 2. The average Bonchev–Trinajstić information content (AvgIpc) is 3.64. The number of likely N-dealkylation sites (tertiary alicyclic amines) is 1. The highest BCUT2D eigenvalue weighted by Crippen LogP contribution is 2.45. The van der Waals surface area contributed by atoms with Crippen molar-refractivity contribution < 1.29 is 4.79 Å². The van der Waals surface area contributed by atoms with Crippen molar-refractivity contribution in [1.29, 1.82) is 0 Å². The van der Waals surface area contributed by atoms with Crippen molar-refractivity contribution in [3.05, 3.63) is 83.4 Å². The molecule has 40 heavy (non-hydrogen) atoms. The quantitative estimate of drug-likeness (QED) is 0.338. The van der Waals surface area contributed by atoms with Crippen LogP contribution < -0.4 is 0 Å². The normalized spacial score (nSPS) is 24.6. The van der Waals surface area contributed by atoms with Crippen LogP contribution in [0.1, 0.15) is 78.6 Å². The van der Waals surface area contributed by atoms with E-state index in [4.69, 9.17) is 4.98 Å². The maximum atomic E-state index is 13.1. The van der Waals surface area contributed by atoms with Gasteiger partial charge in [0.25, 0.3) is 5.91 Å². The number of hydrogen-bond acceptors (Lipinski definition) is 4. The van der Waals surface area contributed by atoms with Gasteiger partial charge in [-0.2, -0.15) is 5.10 Å². The molecule has 0 aliphatic carbocycles. The lowest BCUT2D eigenvalue weighted by Crippen LogP contribution is -2.49. The largest absolute Gasteiger partial charge is 0.337 e. The predicted molar refractivity (Wildman–Crippen MR) is 157 cm³/mol. The molecular formula is C33H40N6O.